The van der Waals surface area contributed by atoms with E-state index in [1.54, 1.807) is 28.4 Å². The summed E-state index contributed by atoms with van der Waals surface area (Å²) in [6, 6.07) is 8.85. The van der Waals surface area contributed by atoms with Crippen molar-refractivity contribution >= 4 is 29.4 Å². The van der Waals surface area contributed by atoms with Crippen LogP contribution in [-0.2, 0) is 6.42 Å². The Morgan fingerprint density at radius 3 is 3.12 bits per heavy atom. The van der Waals surface area contributed by atoms with E-state index in [0.717, 1.165) is 4.90 Å². The van der Waals surface area contributed by atoms with Gasteiger partial charge in [-0.15, -0.1) is 0 Å². The molecule has 126 valence electrons. The number of hydrogen-bond acceptors (Lipinski definition) is 5. The third-order valence-electron chi connectivity index (χ3n) is 3.77. The van der Waals surface area contributed by atoms with Crippen LogP contribution in [0.2, 0.25) is 0 Å². The minimum Gasteiger partial charge on any atom is -0.448 e. The van der Waals surface area contributed by atoms with Crippen molar-refractivity contribution in [2.45, 2.75) is 11.3 Å². The van der Waals surface area contributed by atoms with Gasteiger partial charge in [-0.2, -0.15) is 0 Å². The van der Waals surface area contributed by atoms with Gasteiger partial charge in [0.1, 0.15) is 11.5 Å². The van der Waals surface area contributed by atoms with Crippen LogP contribution < -0.4 is 10.6 Å². The van der Waals surface area contributed by atoms with Crippen LogP contribution in [0, 0.1) is 0 Å². The molecule has 4 rings (SSSR count). The van der Waals surface area contributed by atoms with Gasteiger partial charge in [0.15, 0.2) is 6.39 Å². The smallest absolute Gasteiger partial charge is 0.273 e. The number of fused-ring (bicyclic) bond motifs is 2. The zero-order valence-electron chi connectivity index (χ0n) is 13.1. The van der Waals surface area contributed by atoms with Crippen molar-refractivity contribution < 1.29 is 14.0 Å². The Balaban J connectivity index is 1.48. The number of oxazole rings is 1. The number of nitrogens with zero attached hydrogens (tertiary/aromatic N) is 2. The van der Waals surface area contributed by atoms with Crippen molar-refractivity contribution in [1.82, 2.24) is 14.3 Å². The molecule has 2 N–H and O–H groups in total. The highest BCUT2D eigenvalue weighted by Gasteiger charge is 2.20. The summed E-state index contributed by atoms with van der Waals surface area (Å²) in [5.74, 6) is 0.317. The van der Waals surface area contributed by atoms with Crippen LogP contribution in [0.3, 0.4) is 0 Å². The highest BCUT2D eigenvalue weighted by molar-refractivity contribution is 7.98. The van der Waals surface area contributed by atoms with Crippen LogP contribution in [0.15, 0.2) is 58.4 Å². The number of hydrogen-bond donors (Lipinski definition) is 2. The van der Waals surface area contributed by atoms with E-state index in [0.29, 0.717) is 35.7 Å². The number of carbonyl (C=O) groups is 2. The number of anilines is 1. The molecular weight excluding hydrogens is 340 g/mol. The van der Waals surface area contributed by atoms with Crippen LogP contribution in [-0.4, -0.2) is 27.3 Å². The summed E-state index contributed by atoms with van der Waals surface area (Å²) >= 11 is 1.43. The first-order valence-corrected chi connectivity index (χ1v) is 8.45. The molecule has 0 saturated heterocycles. The first-order chi connectivity index (χ1) is 12.2. The van der Waals surface area contributed by atoms with Gasteiger partial charge in [-0.1, -0.05) is 0 Å². The number of aromatic nitrogens is 2. The molecule has 25 heavy (non-hydrogen) atoms. The van der Waals surface area contributed by atoms with Gasteiger partial charge in [-0.05, 0) is 42.3 Å². The molecule has 2 aromatic heterocycles. The minimum absolute atomic E-state index is 0.195. The SMILES string of the molecule is O=C(NCCc1cnco1)c1ccc2c(c1)NC(=O)c1cccn1S2. The number of carbonyl (C=O) groups excluding carboxylic acids is 2. The van der Waals surface area contributed by atoms with Gasteiger partial charge in [0, 0.05) is 24.7 Å². The van der Waals surface area contributed by atoms with Crippen LogP contribution in [0.4, 0.5) is 5.69 Å². The average Bonchev–Trinajstić information content (AvgIpc) is 3.26. The molecule has 0 radical (unpaired) electrons. The predicted molar refractivity (Wildman–Crippen MR) is 92.6 cm³/mol. The van der Waals surface area contributed by atoms with Crippen molar-refractivity contribution in [2.75, 3.05) is 11.9 Å². The van der Waals surface area contributed by atoms with E-state index in [9.17, 15) is 9.59 Å². The Bertz CT molecular complexity index is 933. The van der Waals surface area contributed by atoms with Crippen molar-refractivity contribution in [3.63, 3.8) is 0 Å². The largest absolute Gasteiger partial charge is 0.448 e. The molecule has 3 aromatic rings. The molecule has 3 heterocycles. The molecule has 1 aliphatic heterocycles. The third-order valence-corrected chi connectivity index (χ3v) is 4.84. The Labute approximate surface area is 147 Å². The molecule has 0 bridgehead atoms. The first-order valence-electron chi connectivity index (χ1n) is 7.67. The molecule has 0 unspecified atom stereocenters. The zero-order chi connectivity index (χ0) is 17.2. The van der Waals surface area contributed by atoms with Crippen molar-refractivity contribution in [2.24, 2.45) is 0 Å². The first kappa shape index (κ1) is 15.5. The maximum atomic E-state index is 12.3. The summed E-state index contributed by atoms with van der Waals surface area (Å²) in [6.07, 6.45) is 5.38. The van der Waals surface area contributed by atoms with Crippen LogP contribution >= 0.6 is 11.9 Å². The fraction of sp³-hybridized carbons (Fsp3) is 0.118. The summed E-state index contributed by atoms with van der Waals surface area (Å²) in [5, 5.41) is 5.69. The lowest BCUT2D eigenvalue weighted by molar-refractivity contribution is 0.0952. The maximum absolute atomic E-state index is 12.3. The summed E-state index contributed by atoms with van der Waals surface area (Å²) in [6.45, 7) is 0.442. The average molecular weight is 354 g/mol. The highest BCUT2D eigenvalue weighted by Crippen LogP contribution is 2.33. The molecule has 8 heteroatoms. The maximum Gasteiger partial charge on any atom is 0.273 e. The second-order valence-corrected chi connectivity index (χ2v) is 6.47. The Kier molecular flexibility index (Phi) is 4.02. The molecule has 0 spiro atoms. The fourth-order valence-corrected chi connectivity index (χ4v) is 3.45. The van der Waals surface area contributed by atoms with Crippen LogP contribution in [0.5, 0.6) is 0 Å². The Morgan fingerprint density at radius 2 is 2.28 bits per heavy atom. The summed E-state index contributed by atoms with van der Waals surface area (Å²) < 4.78 is 6.93. The monoisotopic (exact) mass is 354 g/mol. The van der Waals surface area contributed by atoms with Crippen molar-refractivity contribution in [3.05, 3.63) is 66.1 Å². The lowest BCUT2D eigenvalue weighted by atomic mass is 10.1. The molecule has 0 fully saturated rings. The second-order valence-electron chi connectivity index (χ2n) is 5.45. The van der Waals surface area contributed by atoms with E-state index < -0.39 is 0 Å². The van der Waals surface area contributed by atoms with Gasteiger partial charge < -0.3 is 15.1 Å². The molecule has 0 saturated carbocycles. The molecule has 0 aliphatic carbocycles. The third kappa shape index (κ3) is 3.16. The molecule has 1 aromatic carbocycles. The van der Waals surface area contributed by atoms with E-state index in [1.165, 1.54) is 18.3 Å². The standard InChI is InChI=1S/C17H14N4O3S/c22-16(19-6-5-12-9-18-10-24-12)11-3-4-15-13(8-11)20-17(23)14-2-1-7-21(14)25-15/h1-4,7-10H,5-6H2,(H,19,22)(H,20,23). The van der Waals surface area contributed by atoms with Gasteiger partial charge in [0.05, 0.1) is 16.8 Å². The van der Waals surface area contributed by atoms with E-state index in [-0.39, 0.29) is 11.8 Å². The van der Waals surface area contributed by atoms with E-state index in [1.807, 2.05) is 18.3 Å². The van der Waals surface area contributed by atoms with Crippen LogP contribution in [0.1, 0.15) is 26.6 Å². The summed E-state index contributed by atoms with van der Waals surface area (Å²) in [5.41, 5.74) is 1.68. The van der Waals surface area contributed by atoms with Crippen molar-refractivity contribution in [3.8, 4) is 0 Å². The fourth-order valence-electron chi connectivity index (χ4n) is 2.53. The lowest BCUT2D eigenvalue weighted by Crippen LogP contribution is -2.25. The predicted octanol–water partition coefficient (Wildman–Crippen LogP) is 2.57. The van der Waals surface area contributed by atoms with E-state index in [2.05, 4.69) is 15.6 Å². The van der Waals surface area contributed by atoms with Gasteiger partial charge in [-0.3, -0.25) is 13.6 Å². The minimum atomic E-state index is -0.203. The van der Waals surface area contributed by atoms with E-state index in [4.69, 9.17) is 4.42 Å². The van der Waals surface area contributed by atoms with Gasteiger partial charge >= 0.3 is 0 Å². The van der Waals surface area contributed by atoms with Gasteiger partial charge in [0.2, 0.25) is 0 Å². The Morgan fingerprint density at radius 1 is 1.36 bits per heavy atom. The normalized spacial score (nSPS) is 12.7. The lowest BCUT2D eigenvalue weighted by Gasteiger charge is -2.09. The van der Waals surface area contributed by atoms with Crippen molar-refractivity contribution in [1.29, 1.82) is 0 Å². The van der Waals surface area contributed by atoms with Gasteiger partial charge in [0.25, 0.3) is 11.8 Å². The number of rotatable bonds is 4. The topological polar surface area (TPSA) is 89.2 Å². The molecule has 7 nitrogen and oxygen atoms in total. The highest BCUT2D eigenvalue weighted by atomic mass is 32.2. The number of nitrogens with one attached hydrogen (secondary N) is 2. The van der Waals surface area contributed by atoms with Gasteiger partial charge in [-0.25, -0.2) is 4.98 Å². The molecule has 0 atom stereocenters. The second kappa shape index (κ2) is 6.48. The summed E-state index contributed by atoms with van der Waals surface area (Å²) in [4.78, 5) is 29.3. The zero-order valence-corrected chi connectivity index (χ0v) is 13.9. The number of benzene rings is 1. The Hall–Kier alpha value is -3.00. The van der Waals surface area contributed by atoms with Crippen LogP contribution in [0.25, 0.3) is 0 Å². The quantitative estimate of drug-likeness (QED) is 0.752. The number of amides is 2. The molecular formula is C17H14N4O3S. The summed E-state index contributed by atoms with van der Waals surface area (Å²) in [7, 11) is 0. The van der Waals surface area contributed by atoms with E-state index >= 15 is 0 Å². The molecule has 2 amide bonds. The molecule has 1 aliphatic rings.